The van der Waals surface area contributed by atoms with Crippen LogP contribution in [-0.4, -0.2) is 55.8 Å². The van der Waals surface area contributed by atoms with Gasteiger partial charge in [-0.2, -0.15) is 0 Å². The summed E-state index contributed by atoms with van der Waals surface area (Å²) in [5.74, 6) is -0.513. The van der Waals surface area contributed by atoms with Crippen LogP contribution in [0.5, 0.6) is 0 Å². The molecule has 0 aliphatic carbocycles. The Morgan fingerprint density at radius 3 is 2.47 bits per heavy atom. The predicted octanol–water partition coefficient (Wildman–Crippen LogP) is -0.842. The van der Waals surface area contributed by atoms with E-state index in [0.29, 0.717) is 0 Å². The van der Waals surface area contributed by atoms with Crippen molar-refractivity contribution in [2.24, 2.45) is 0 Å². The molecular weight excluding hydrogens is 244 g/mol. The second-order valence-electron chi connectivity index (χ2n) is 4.85. The molecule has 0 atom stereocenters. The fraction of sp³-hybridized carbons (Fsp3) is 0.800. The van der Waals surface area contributed by atoms with E-state index in [2.05, 4.69) is 5.32 Å². The smallest absolute Gasteiger partial charge is 0.247 e. The molecule has 1 fully saturated rings. The molecule has 6 nitrogen and oxygen atoms in total. The Balaban J connectivity index is 2.78. The highest BCUT2D eigenvalue weighted by molar-refractivity contribution is 7.90. The monoisotopic (exact) mass is 262 g/mol. The number of rotatable bonds is 3. The number of sulfone groups is 1. The Morgan fingerprint density at radius 2 is 1.94 bits per heavy atom. The lowest BCUT2D eigenvalue weighted by Crippen LogP contribution is -2.53. The minimum atomic E-state index is -3.11. The zero-order valence-corrected chi connectivity index (χ0v) is 11.1. The van der Waals surface area contributed by atoms with Crippen LogP contribution in [0.25, 0.3) is 0 Å². The second kappa shape index (κ2) is 4.64. The number of nitrogens with one attached hydrogen (secondary N) is 1. The Labute approximate surface area is 101 Å². The molecule has 0 unspecified atom stereocenters. The van der Waals surface area contributed by atoms with Gasteiger partial charge in [-0.15, -0.1) is 0 Å². The van der Waals surface area contributed by atoms with Crippen LogP contribution in [0, 0.1) is 0 Å². The van der Waals surface area contributed by atoms with Crippen LogP contribution in [-0.2, 0) is 19.4 Å². The average molecular weight is 262 g/mol. The molecule has 1 saturated heterocycles. The fourth-order valence-corrected chi connectivity index (χ4v) is 2.24. The Bertz CT molecular complexity index is 428. The van der Waals surface area contributed by atoms with Crippen molar-refractivity contribution in [1.82, 2.24) is 10.2 Å². The molecule has 0 aromatic heterocycles. The molecule has 1 heterocycles. The molecular formula is C10H18N2O4S. The van der Waals surface area contributed by atoms with Crippen molar-refractivity contribution in [3.63, 3.8) is 0 Å². The van der Waals surface area contributed by atoms with Crippen LogP contribution < -0.4 is 5.32 Å². The van der Waals surface area contributed by atoms with Crippen molar-refractivity contribution in [2.75, 3.05) is 25.1 Å². The summed E-state index contributed by atoms with van der Waals surface area (Å²) in [4.78, 5) is 24.9. The first-order valence-electron chi connectivity index (χ1n) is 5.40. The average Bonchev–Trinajstić information content (AvgIpc) is 2.22. The molecule has 1 aliphatic rings. The molecule has 0 radical (unpaired) electrons. The van der Waals surface area contributed by atoms with E-state index in [1.807, 2.05) is 0 Å². The van der Waals surface area contributed by atoms with Gasteiger partial charge >= 0.3 is 0 Å². The molecule has 2 amide bonds. The van der Waals surface area contributed by atoms with Crippen molar-refractivity contribution in [3.05, 3.63) is 0 Å². The molecule has 0 aromatic rings. The lowest BCUT2D eigenvalue weighted by atomic mass is 10.0. The summed E-state index contributed by atoms with van der Waals surface area (Å²) >= 11 is 0. The maximum Gasteiger partial charge on any atom is 0.247 e. The highest BCUT2D eigenvalue weighted by Gasteiger charge is 2.36. The predicted molar refractivity (Wildman–Crippen MR) is 63.1 cm³/mol. The third-order valence-corrected chi connectivity index (χ3v) is 3.54. The minimum Gasteiger partial charge on any atom is -0.342 e. The van der Waals surface area contributed by atoms with Crippen LogP contribution in [0.4, 0.5) is 0 Å². The second-order valence-corrected chi connectivity index (χ2v) is 7.11. The van der Waals surface area contributed by atoms with Crippen molar-refractivity contribution < 1.29 is 18.0 Å². The quantitative estimate of drug-likeness (QED) is 0.718. The minimum absolute atomic E-state index is 0.0803. The number of amides is 2. The third kappa shape index (κ3) is 3.99. The zero-order chi connectivity index (χ0) is 13.3. The van der Waals surface area contributed by atoms with Crippen LogP contribution in [0.15, 0.2) is 0 Å². The lowest BCUT2D eigenvalue weighted by Gasteiger charge is -2.28. The van der Waals surface area contributed by atoms with E-state index < -0.39 is 15.4 Å². The molecule has 7 heteroatoms. The van der Waals surface area contributed by atoms with E-state index in [9.17, 15) is 18.0 Å². The molecule has 1 N–H and O–H groups in total. The standard InChI is InChI=1S/C10H18N2O4S/c1-10(2)9(14)12(5-4-8(13)11-10)6-7-17(3,15)16/h4-7H2,1-3H3,(H,11,13). The number of nitrogens with zero attached hydrogens (tertiary/aromatic N) is 1. The maximum atomic E-state index is 12.0. The molecule has 0 spiro atoms. The fourth-order valence-electron chi connectivity index (χ4n) is 1.69. The molecule has 1 rings (SSSR count). The maximum absolute atomic E-state index is 12.0. The number of hydrogen-bond acceptors (Lipinski definition) is 4. The van der Waals surface area contributed by atoms with Gasteiger partial charge in [0.2, 0.25) is 11.8 Å². The number of hydrogen-bond donors (Lipinski definition) is 1. The SMILES string of the molecule is CC1(C)NC(=O)CCN(CCS(C)(=O)=O)C1=O. The molecule has 17 heavy (non-hydrogen) atoms. The topological polar surface area (TPSA) is 83.6 Å². The first-order valence-corrected chi connectivity index (χ1v) is 7.46. The van der Waals surface area contributed by atoms with E-state index in [1.54, 1.807) is 13.8 Å². The largest absolute Gasteiger partial charge is 0.342 e. The highest BCUT2D eigenvalue weighted by atomic mass is 32.2. The summed E-state index contributed by atoms with van der Waals surface area (Å²) in [6, 6.07) is 0. The zero-order valence-electron chi connectivity index (χ0n) is 10.3. The molecule has 0 bridgehead atoms. The summed E-state index contributed by atoms with van der Waals surface area (Å²) in [6.07, 6.45) is 1.34. The Kier molecular flexibility index (Phi) is 3.81. The van der Waals surface area contributed by atoms with E-state index >= 15 is 0 Å². The molecule has 98 valence electrons. The van der Waals surface area contributed by atoms with E-state index in [4.69, 9.17) is 0 Å². The van der Waals surface area contributed by atoms with Gasteiger partial charge in [0.1, 0.15) is 15.4 Å². The highest BCUT2D eigenvalue weighted by Crippen LogP contribution is 2.13. The van der Waals surface area contributed by atoms with Gasteiger partial charge in [-0.05, 0) is 13.8 Å². The van der Waals surface area contributed by atoms with Gasteiger partial charge in [-0.25, -0.2) is 8.42 Å². The van der Waals surface area contributed by atoms with Crippen molar-refractivity contribution in [3.8, 4) is 0 Å². The number of carbonyl (C=O) groups is 2. The Hall–Kier alpha value is -1.11. The first kappa shape index (κ1) is 14.0. The summed E-state index contributed by atoms with van der Waals surface area (Å²) in [7, 11) is -3.11. The molecule has 1 aliphatic heterocycles. The van der Waals surface area contributed by atoms with Crippen LogP contribution >= 0.6 is 0 Å². The van der Waals surface area contributed by atoms with Crippen LogP contribution in [0.2, 0.25) is 0 Å². The normalized spacial score (nSPS) is 21.0. The van der Waals surface area contributed by atoms with E-state index in [0.717, 1.165) is 6.26 Å². The van der Waals surface area contributed by atoms with Crippen LogP contribution in [0.1, 0.15) is 20.3 Å². The first-order chi connectivity index (χ1) is 7.62. The molecule has 0 aromatic carbocycles. The van der Waals surface area contributed by atoms with Crippen molar-refractivity contribution in [2.45, 2.75) is 25.8 Å². The van der Waals surface area contributed by atoms with E-state index in [-0.39, 0.29) is 37.1 Å². The summed E-state index contributed by atoms with van der Waals surface area (Å²) in [5, 5.41) is 2.62. The Morgan fingerprint density at radius 1 is 1.35 bits per heavy atom. The summed E-state index contributed by atoms with van der Waals surface area (Å²) in [6.45, 7) is 3.64. The van der Waals surface area contributed by atoms with Gasteiger partial charge in [-0.3, -0.25) is 9.59 Å². The van der Waals surface area contributed by atoms with Gasteiger partial charge in [0.15, 0.2) is 0 Å². The third-order valence-electron chi connectivity index (χ3n) is 2.61. The summed E-state index contributed by atoms with van der Waals surface area (Å²) < 4.78 is 22.1. The van der Waals surface area contributed by atoms with Gasteiger partial charge in [-0.1, -0.05) is 0 Å². The van der Waals surface area contributed by atoms with E-state index in [1.165, 1.54) is 4.90 Å². The van der Waals surface area contributed by atoms with Crippen molar-refractivity contribution >= 4 is 21.7 Å². The van der Waals surface area contributed by atoms with Crippen LogP contribution in [0.3, 0.4) is 0 Å². The van der Waals surface area contributed by atoms with Gasteiger partial charge in [0, 0.05) is 25.8 Å². The van der Waals surface area contributed by atoms with Crippen molar-refractivity contribution in [1.29, 1.82) is 0 Å². The van der Waals surface area contributed by atoms with Gasteiger partial charge < -0.3 is 10.2 Å². The molecule has 0 saturated carbocycles. The van der Waals surface area contributed by atoms with Gasteiger partial charge in [0.25, 0.3) is 0 Å². The van der Waals surface area contributed by atoms with Gasteiger partial charge in [0.05, 0.1) is 5.75 Å². The number of carbonyl (C=O) groups excluding carboxylic acids is 2. The summed E-state index contributed by atoms with van der Waals surface area (Å²) in [5.41, 5.74) is -0.967. The lowest BCUT2D eigenvalue weighted by molar-refractivity contribution is -0.137.